The molecule has 0 aliphatic heterocycles. The van der Waals surface area contributed by atoms with Crippen LogP contribution in [0.25, 0.3) is 0 Å². The predicted molar refractivity (Wildman–Crippen MR) is 73.3 cm³/mol. The fourth-order valence-electron chi connectivity index (χ4n) is 2.56. The Bertz CT molecular complexity index is 415. The minimum atomic E-state index is 0.0855. The van der Waals surface area contributed by atoms with Gasteiger partial charge >= 0.3 is 0 Å². The average Bonchev–Trinajstić information content (AvgIpc) is 2.60. The minimum Gasteiger partial charge on any atom is -0.490 e. The summed E-state index contributed by atoms with van der Waals surface area (Å²) in [7, 11) is 0. The zero-order valence-corrected chi connectivity index (χ0v) is 11.4. The molecule has 0 unspecified atom stereocenters. The molecule has 0 aromatic heterocycles. The number of aryl methyl sites for hydroxylation is 1. The van der Waals surface area contributed by atoms with Crippen LogP contribution in [-0.4, -0.2) is 11.9 Å². The first kappa shape index (κ1) is 13.1. The Labute approximate surface area is 109 Å². The molecule has 0 spiro atoms. The van der Waals surface area contributed by atoms with E-state index in [9.17, 15) is 4.79 Å². The molecule has 0 heterocycles. The van der Waals surface area contributed by atoms with Crippen molar-refractivity contribution < 1.29 is 9.53 Å². The molecule has 0 N–H and O–H groups in total. The number of ketones is 1. The maximum Gasteiger partial charge on any atom is 0.163 e. The van der Waals surface area contributed by atoms with Crippen molar-refractivity contribution in [3.8, 4) is 5.75 Å². The number of carbonyl (C=O) groups is 1. The third kappa shape index (κ3) is 3.34. The van der Waals surface area contributed by atoms with Gasteiger partial charge in [0.15, 0.2) is 5.78 Å². The lowest BCUT2D eigenvalue weighted by Gasteiger charge is -2.19. The van der Waals surface area contributed by atoms with Crippen molar-refractivity contribution >= 4 is 5.78 Å². The molecule has 0 atom stereocenters. The van der Waals surface area contributed by atoms with Gasteiger partial charge in [-0.3, -0.25) is 4.79 Å². The van der Waals surface area contributed by atoms with Crippen molar-refractivity contribution in [1.29, 1.82) is 0 Å². The molecule has 0 saturated heterocycles. The number of rotatable bonds is 3. The van der Waals surface area contributed by atoms with Crippen molar-refractivity contribution in [2.75, 3.05) is 0 Å². The highest BCUT2D eigenvalue weighted by molar-refractivity contribution is 5.97. The lowest BCUT2D eigenvalue weighted by atomic mass is 10.1. The molecule has 98 valence electrons. The number of hydrogen-bond acceptors (Lipinski definition) is 2. The zero-order valence-electron chi connectivity index (χ0n) is 11.4. The molecule has 0 bridgehead atoms. The number of ether oxygens (including phenoxy) is 1. The van der Waals surface area contributed by atoms with E-state index in [1.807, 2.05) is 25.1 Å². The second kappa shape index (κ2) is 6.03. The molecule has 1 aliphatic rings. The van der Waals surface area contributed by atoms with E-state index in [2.05, 4.69) is 0 Å². The number of hydrogen-bond donors (Lipinski definition) is 0. The highest BCUT2D eigenvalue weighted by atomic mass is 16.5. The molecule has 1 aromatic carbocycles. The fraction of sp³-hybridized carbons (Fsp3) is 0.562. The molecular formula is C16H22O2. The normalized spacial score (nSPS) is 17.2. The molecule has 1 aliphatic carbocycles. The summed E-state index contributed by atoms with van der Waals surface area (Å²) < 4.78 is 6.06. The van der Waals surface area contributed by atoms with Crippen LogP contribution < -0.4 is 4.74 Å². The standard InChI is InChI=1S/C16H22O2/c1-12-9-10-16(15(11-12)13(2)17)18-14-7-5-3-4-6-8-14/h9-11,14H,3-8H2,1-2H3. The molecule has 0 radical (unpaired) electrons. The van der Waals surface area contributed by atoms with E-state index in [0.29, 0.717) is 0 Å². The Morgan fingerprint density at radius 3 is 2.44 bits per heavy atom. The van der Waals surface area contributed by atoms with Crippen LogP contribution in [0, 0.1) is 6.92 Å². The largest absolute Gasteiger partial charge is 0.490 e. The van der Waals surface area contributed by atoms with Crippen LogP contribution in [0.3, 0.4) is 0 Å². The zero-order chi connectivity index (χ0) is 13.0. The summed E-state index contributed by atoms with van der Waals surface area (Å²) in [4.78, 5) is 11.6. The van der Waals surface area contributed by atoms with E-state index >= 15 is 0 Å². The first-order valence-corrected chi connectivity index (χ1v) is 6.95. The molecule has 2 nitrogen and oxygen atoms in total. The summed E-state index contributed by atoms with van der Waals surface area (Å²) in [6, 6.07) is 5.88. The van der Waals surface area contributed by atoms with Crippen molar-refractivity contribution in [3.63, 3.8) is 0 Å². The summed E-state index contributed by atoms with van der Waals surface area (Å²) in [5.41, 5.74) is 1.83. The summed E-state index contributed by atoms with van der Waals surface area (Å²) in [6.45, 7) is 3.61. The second-order valence-corrected chi connectivity index (χ2v) is 5.29. The van der Waals surface area contributed by atoms with Crippen molar-refractivity contribution in [2.45, 2.75) is 58.5 Å². The average molecular weight is 246 g/mol. The second-order valence-electron chi connectivity index (χ2n) is 5.29. The SMILES string of the molecule is CC(=O)c1cc(C)ccc1OC1CCCCCC1. The van der Waals surface area contributed by atoms with Crippen LogP contribution in [0.4, 0.5) is 0 Å². The van der Waals surface area contributed by atoms with Gasteiger partial charge in [-0.25, -0.2) is 0 Å². The van der Waals surface area contributed by atoms with Crippen LogP contribution in [0.15, 0.2) is 18.2 Å². The first-order valence-electron chi connectivity index (χ1n) is 6.95. The molecule has 1 aromatic rings. The summed E-state index contributed by atoms with van der Waals surface area (Å²) in [5.74, 6) is 0.849. The summed E-state index contributed by atoms with van der Waals surface area (Å²) in [6.07, 6.45) is 7.63. The molecule has 2 heteroatoms. The molecule has 1 fully saturated rings. The van der Waals surface area contributed by atoms with Gasteiger partial charge in [-0.1, -0.05) is 24.5 Å². The Kier molecular flexibility index (Phi) is 4.40. The lowest BCUT2D eigenvalue weighted by Crippen LogP contribution is -2.16. The summed E-state index contributed by atoms with van der Waals surface area (Å²) >= 11 is 0. The molecule has 1 saturated carbocycles. The van der Waals surface area contributed by atoms with Gasteiger partial charge in [-0.15, -0.1) is 0 Å². The van der Waals surface area contributed by atoms with Crippen LogP contribution in [0.2, 0.25) is 0 Å². The lowest BCUT2D eigenvalue weighted by molar-refractivity contribution is 0.100. The van der Waals surface area contributed by atoms with E-state index in [0.717, 1.165) is 29.7 Å². The van der Waals surface area contributed by atoms with Gasteiger partial charge in [0, 0.05) is 0 Å². The van der Waals surface area contributed by atoms with Crippen LogP contribution in [0.5, 0.6) is 5.75 Å². The first-order chi connectivity index (χ1) is 8.66. The molecule has 2 rings (SSSR count). The maximum atomic E-state index is 11.6. The predicted octanol–water partition coefficient (Wildman–Crippen LogP) is 4.30. The number of carbonyl (C=O) groups excluding carboxylic acids is 1. The van der Waals surface area contributed by atoms with Gasteiger partial charge in [0.25, 0.3) is 0 Å². The van der Waals surface area contributed by atoms with E-state index in [4.69, 9.17) is 4.74 Å². The van der Waals surface area contributed by atoms with Crippen molar-refractivity contribution in [3.05, 3.63) is 29.3 Å². The Morgan fingerprint density at radius 2 is 1.83 bits per heavy atom. The van der Waals surface area contributed by atoms with Gasteiger partial charge in [-0.05, 0) is 51.7 Å². The minimum absolute atomic E-state index is 0.0855. The molecule has 18 heavy (non-hydrogen) atoms. The highest BCUT2D eigenvalue weighted by Crippen LogP contribution is 2.26. The van der Waals surface area contributed by atoms with Crippen molar-refractivity contribution in [2.24, 2.45) is 0 Å². The maximum absolute atomic E-state index is 11.6. The number of benzene rings is 1. The van der Waals surface area contributed by atoms with Crippen molar-refractivity contribution in [1.82, 2.24) is 0 Å². The third-order valence-electron chi connectivity index (χ3n) is 3.61. The van der Waals surface area contributed by atoms with Gasteiger partial charge in [0.2, 0.25) is 0 Å². The highest BCUT2D eigenvalue weighted by Gasteiger charge is 2.16. The van der Waals surface area contributed by atoms with E-state index < -0.39 is 0 Å². The monoisotopic (exact) mass is 246 g/mol. The van der Waals surface area contributed by atoms with Crippen LogP contribution in [-0.2, 0) is 0 Å². The van der Waals surface area contributed by atoms with Crippen LogP contribution in [0.1, 0.15) is 61.4 Å². The van der Waals surface area contributed by atoms with Crippen LogP contribution >= 0.6 is 0 Å². The van der Waals surface area contributed by atoms with Gasteiger partial charge in [0.1, 0.15) is 5.75 Å². The molecule has 0 amide bonds. The third-order valence-corrected chi connectivity index (χ3v) is 3.61. The Balaban J connectivity index is 2.14. The molecular weight excluding hydrogens is 224 g/mol. The van der Waals surface area contributed by atoms with E-state index in [1.165, 1.54) is 25.7 Å². The Hall–Kier alpha value is -1.31. The fourth-order valence-corrected chi connectivity index (χ4v) is 2.56. The van der Waals surface area contributed by atoms with E-state index in [1.54, 1.807) is 6.92 Å². The number of Topliss-reactive ketones (excluding diaryl/α,β-unsaturated/α-hetero) is 1. The Morgan fingerprint density at radius 1 is 1.17 bits per heavy atom. The topological polar surface area (TPSA) is 26.3 Å². The van der Waals surface area contributed by atoms with Gasteiger partial charge in [-0.2, -0.15) is 0 Å². The van der Waals surface area contributed by atoms with Gasteiger partial charge < -0.3 is 4.74 Å². The summed E-state index contributed by atoms with van der Waals surface area (Å²) in [5, 5.41) is 0. The van der Waals surface area contributed by atoms with Gasteiger partial charge in [0.05, 0.1) is 11.7 Å². The van der Waals surface area contributed by atoms with E-state index in [-0.39, 0.29) is 11.9 Å². The smallest absolute Gasteiger partial charge is 0.163 e. The quantitative estimate of drug-likeness (QED) is 0.587.